The summed E-state index contributed by atoms with van der Waals surface area (Å²) in [4.78, 5) is 29.7. The number of nitrogens with one attached hydrogen (secondary N) is 1. The quantitative estimate of drug-likeness (QED) is 0.165. The lowest BCUT2D eigenvalue weighted by molar-refractivity contribution is -0.140. The van der Waals surface area contributed by atoms with Gasteiger partial charge in [0.1, 0.15) is 12.6 Å². The molecule has 1 aliphatic carbocycles. The third-order valence-corrected chi connectivity index (χ3v) is 10.6. The third kappa shape index (κ3) is 8.84. The van der Waals surface area contributed by atoms with Crippen LogP contribution in [0.5, 0.6) is 0 Å². The summed E-state index contributed by atoms with van der Waals surface area (Å²) < 4.78 is 71.0. The highest BCUT2D eigenvalue weighted by atomic mass is 79.9. The van der Waals surface area contributed by atoms with E-state index in [0.717, 1.165) is 47.9 Å². The Kier molecular flexibility index (Phi) is 11.3. The summed E-state index contributed by atoms with van der Waals surface area (Å²) in [6, 6.07) is 26.3. The number of alkyl halides is 3. The number of anilines is 1. The number of rotatable bonds is 12. The van der Waals surface area contributed by atoms with E-state index in [2.05, 4.69) is 21.2 Å². The van der Waals surface area contributed by atoms with Gasteiger partial charge in [0.2, 0.25) is 11.8 Å². The number of hydrogen-bond donors (Lipinski definition) is 1. The molecule has 48 heavy (non-hydrogen) atoms. The maximum Gasteiger partial charge on any atom is 0.416 e. The number of nitrogens with zero attached hydrogens (tertiary/aromatic N) is 2. The van der Waals surface area contributed by atoms with Crippen molar-refractivity contribution < 1.29 is 31.2 Å². The van der Waals surface area contributed by atoms with Crippen molar-refractivity contribution in [2.45, 2.75) is 61.8 Å². The SMILES string of the molecule is O=C(NC1CCCC1)C(Cc1ccccc1)N(Cc1ccc(Br)cc1)C(=O)CN(c1cccc(C(F)(F)F)c1)S(=O)(=O)c1ccccc1. The fourth-order valence-corrected chi connectivity index (χ4v) is 7.49. The summed E-state index contributed by atoms with van der Waals surface area (Å²) in [6.07, 6.45) is -1.06. The van der Waals surface area contributed by atoms with Crippen LogP contribution in [0.25, 0.3) is 0 Å². The summed E-state index contributed by atoms with van der Waals surface area (Å²) in [7, 11) is -4.54. The molecule has 1 aliphatic rings. The van der Waals surface area contributed by atoms with Crippen molar-refractivity contribution in [3.63, 3.8) is 0 Å². The Morgan fingerprint density at radius 3 is 2.08 bits per heavy atom. The third-order valence-electron chi connectivity index (χ3n) is 8.31. The zero-order chi connectivity index (χ0) is 34.3. The molecule has 0 bridgehead atoms. The first-order valence-corrected chi connectivity index (χ1v) is 17.8. The first-order chi connectivity index (χ1) is 22.9. The lowest BCUT2D eigenvalue weighted by Gasteiger charge is -2.34. The van der Waals surface area contributed by atoms with E-state index in [4.69, 9.17) is 0 Å². The molecular weight excluding hydrogens is 707 g/mol. The lowest BCUT2D eigenvalue weighted by atomic mass is 10.0. The van der Waals surface area contributed by atoms with E-state index >= 15 is 0 Å². The van der Waals surface area contributed by atoms with Crippen LogP contribution < -0.4 is 9.62 Å². The Hall–Kier alpha value is -4.16. The highest BCUT2D eigenvalue weighted by Gasteiger charge is 2.37. The van der Waals surface area contributed by atoms with Crippen LogP contribution in [-0.4, -0.2) is 43.8 Å². The van der Waals surface area contributed by atoms with Crippen molar-refractivity contribution in [3.8, 4) is 0 Å². The number of halogens is 4. The van der Waals surface area contributed by atoms with Crippen molar-refractivity contribution in [2.24, 2.45) is 0 Å². The molecule has 0 aromatic heterocycles. The maximum atomic E-state index is 14.5. The van der Waals surface area contributed by atoms with Crippen molar-refractivity contribution in [3.05, 3.63) is 130 Å². The van der Waals surface area contributed by atoms with Crippen LogP contribution in [0, 0.1) is 0 Å². The molecule has 0 radical (unpaired) electrons. The summed E-state index contributed by atoms with van der Waals surface area (Å²) in [5.74, 6) is -1.13. The van der Waals surface area contributed by atoms with E-state index in [0.29, 0.717) is 15.9 Å². The van der Waals surface area contributed by atoms with E-state index in [9.17, 15) is 31.2 Å². The summed E-state index contributed by atoms with van der Waals surface area (Å²) >= 11 is 3.41. The van der Waals surface area contributed by atoms with Gasteiger partial charge in [-0.05, 0) is 66.4 Å². The van der Waals surface area contributed by atoms with Gasteiger partial charge >= 0.3 is 6.18 Å². The number of benzene rings is 4. The average Bonchev–Trinajstić information content (AvgIpc) is 3.59. The number of amides is 2. The second-order valence-electron chi connectivity index (χ2n) is 11.7. The highest BCUT2D eigenvalue weighted by Crippen LogP contribution is 2.33. The normalized spacial score (nSPS) is 14.3. The first-order valence-electron chi connectivity index (χ1n) is 15.5. The predicted octanol–water partition coefficient (Wildman–Crippen LogP) is 7.36. The van der Waals surface area contributed by atoms with Crippen LogP contribution in [0.4, 0.5) is 18.9 Å². The minimum atomic E-state index is -4.76. The van der Waals surface area contributed by atoms with E-state index in [-0.39, 0.29) is 35.5 Å². The number of hydrogen-bond acceptors (Lipinski definition) is 4. The Balaban J connectivity index is 1.59. The average molecular weight is 743 g/mol. The molecule has 252 valence electrons. The van der Waals surface area contributed by atoms with Gasteiger partial charge < -0.3 is 10.2 Å². The van der Waals surface area contributed by atoms with Crippen molar-refractivity contribution in [2.75, 3.05) is 10.8 Å². The second kappa shape index (κ2) is 15.4. The summed E-state index contributed by atoms with van der Waals surface area (Å²) in [6.45, 7) is -0.902. The Labute approximate surface area is 286 Å². The van der Waals surface area contributed by atoms with Crippen LogP contribution >= 0.6 is 15.9 Å². The fraction of sp³-hybridized carbons (Fsp3) is 0.278. The molecule has 1 unspecified atom stereocenters. The molecule has 4 aromatic rings. The predicted molar refractivity (Wildman–Crippen MR) is 181 cm³/mol. The van der Waals surface area contributed by atoms with Gasteiger partial charge in [-0.2, -0.15) is 13.2 Å². The van der Waals surface area contributed by atoms with E-state index < -0.39 is 40.3 Å². The molecule has 12 heteroatoms. The van der Waals surface area contributed by atoms with Crippen LogP contribution in [0.15, 0.2) is 119 Å². The van der Waals surface area contributed by atoms with Crippen LogP contribution in [-0.2, 0) is 38.8 Å². The molecule has 0 heterocycles. The summed E-state index contributed by atoms with van der Waals surface area (Å²) in [5, 5.41) is 3.10. The van der Waals surface area contributed by atoms with E-state index in [1.165, 1.54) is 35.2 Å². The lowest BCUT2D eigenvalue weighted by Crippen LogP contribution is -2.54. The molecule has 7 nitrogen and oxygen atoms in total. The van der Waals surface area contributed by atoms with Crippen molar-refractivity contribution in [1.29, 1.82) is 0 Å². The monoisotopic (exact) mass is 741 g/mol. The number of carbonyl (C=O) groups is 2. The summed E-state index contributed by atoms with van der Waals surface area (Å²) in [5.41, 5.74) is 0.0603. The molecular formula is C36H35BrF3N3O4S. The molecule has 0 spiro atoms. The van der Waals surface area contributed by atoms with Gasteiger partial charge in [0.05, 0.1) is 16.1 Å². The van der Waals surface area contributed by atoms with Crippen molar-refractivity contribution >= 4 is 43.5 Å². The fourth-order valence-electron chi connectivity index (χ4n) is 5.79. The Morgan fingerprint density at radius 2 is 1.46 bits per heavy atom. The van der Waals surface area contributed by atoms with Gasteiger partial charge in [-0.15, -0.1) is 0 Å². The molecule has 2 amide bonds. The molecule has 1 saturated carbocycles. The van der Waals surface area contributed by atoms with Crippen LogP contribution in [0.2, 0.25) is 0 Å². The minimum absolute atomic E-state index is 0.0521. The smallest absolute Gasteiger partial charge is 0.352 e. The Bertz CT molecular complexity index is 1800. The molecule has 1 atom stereocenters. The van der Waals surface area contributed by atoms with Crippen molar-refractivity contribution in [1.82, 2.24) is 10.2 Å². The van der Waals surface area contributed by atoms with Gasteiger partial charge in [-0.25, -0.2) is 8.42 Å². The molecule has 0 aliphatic heterocycles. The molecule has 1 fully saturated rings. The van der Waals surface area contributed by atoms with E-state index in [1.54, 1.807) is 30.3 Å². The largest absolute Gasteiger partial charge is 0.416 e. The molecule has 1 N–H and O–H groups in total. The topological polar surface area (TPSA) is 86.8 Å². The van der Waals surface area contributed by atoms with Crippen LogP contribution in [0.3, 0.4) is 0 Å². The zero-order valence-electron chi connectivity index (χ0n) is 25.9. The zero-order valence-corrected chi connectivity index (χ0v) is 28.3. The molecule has 5 rings (SSSR count). The van der Waals surface area contributed by atoms with Crippen LogP contribution in [0.1, 0.15) is 42.4 Å². The minimum Gasteiger partial charge on any atom is -0.352 e. The molecule has 0 saturated heterocycles. The molecule has 4 aromatic carbocycles. The first kappa shape index (κ1) is 35.2. The second-order valence-corrected chi connectivity index (χ2v) is 14.5. The van der Waals surface area contributed by atoms with Gasteiger partial charge in [-0.3, -0.25) is 13.9 Å². The highest BCUT2D eigenvalue weighted by molar-refractivity contribution is 9.10. The van der Waals surface area contributed by atoms with E-state index in [1.807, 2.05) is 30.3 Å². The standard InChI is InChI=1S/C36H35BrF3N3O4S/c37-29-20-18-27(19-21-29)24-42(33(22-26-10-3-1-4-11-26)35(45)41-30-13-7-8-14-30)34(44)25-43(48(46,47)32-16-5-2-6-17-32)31-15-9-12-28(23-31)36(38,39)40/h1-6,9-12,15-21,23,30,33H,7-8,13-14,22,24-25H2,(H,41,45). The van der Waals surface area contributed by atoms with Gasteiger partial charge in [0.15, 0.2) is 0 Å². The number of sulfonamides is 1. The van der Waals surface area contributed by atoms with Gasteiger partial charge in [0, 0.05) is 23.5 Å². The number of carbonyl (C=O) groups excluding carboxylic acids is 2. The maximum absolute atomic E-state index is 14.5. The van der Waals surface area contributed by atoms with Gasteiger partial charge in [-0.1, -0.05) is 95.5 Å². The Morgan fingerprint density at radius 1 is 0.833 bits per heavy atom. The van der Waals surface area contributed by atoms with Gasteiger partial charge in [0.25, 0.3) is 10.0 Å².